The summed E-state index contributed by atoms with van der Waals surface area (Å²) in [5.41, 5.74) is -0.0547. The number of carboxylic acid groups (broad SMARTS) is 1. The highest BCUT2D eigenvalue weighted by molar-refractivity contribution is 7.90. The zero-order valence-corrected chi connectivity index (χ0v) is 12.0. The van der Waals surface area contributed by atoms with Crippen LogP contribution in [0.4, 0.5) is 0 Å². The van der Waals surface area contributed by atoms with E-state index in [1.165, 1.54) is 12.5 Å². The number of benzene rings is 1. The molecular weight excluding hydrogens is 329 g/mol. The van der Waals surface area contributed by atoms with Gasteiger partial charge in [0.2, 0.25) is 0 Å². The van der Waals surface area contributed by atoms with Crippen LogP contribution in [0.25, 0.3) is 0 Å². The van der Waals surface area contributed by atoms with E-state index in [0.29, 0.717) is 5.56 Å². The highest BCUT2D eigenvalue weighted by Crippen LogP contribution is 2.31. The molecule has 1 heterocycles. The summed E-state index contributed by atoms with van der Waals surface area (Å²) in [6, 6.07) is 2.20. The second kappa shape index (κ2) is 5.43. The van der Waals surface area contributed by atoms with Crippen LogP contribution in [0, 0.1) is 0 Å². The molecule has 0 unspecified atom stereocenters. The van der Waals surface area contributed by atoms with Gasteiger partial charge in [-0.05, 0) is 12.1 Å². The number of sulfone groups is 1. The van der Waals surface area contributed by atoms with E-state index in [4.69, 9.17) is 28.3 Å². The normalized spacial score (nSPS) is 11.5. The second-order valence-electron chi connectivity index (χ2n) is 3.86. The van der Waals surface area contributed by atoms with Gasteiger partial charge in [0.05, 0.1) is 27.4 Å². The molecule has 106 valence electrons. The summed E-state index contributed by atoms with van der Waals surface area (Å²) in [6.07, 6.45) is 2.42. The molecule has 0 aliphatic heterocycles. The molecule has 20 heavy (non-hydrogen) atoms. The molecule has 0 saturated carbocycles. The summed E-state index contributed by atoms with van der Waals surface area (Å²) in [5.74, 6) is -1.78. The summed E-state index contributed by atoms with van der Waals surface area (Å²) in [4.78, 5) is 10.7. The quantitative estimate of drug-likeness (QED) is 0.922. The number of hydrogen-bond acceptors (Lipinski definition) is 5. The molecule has 0 bridgehead atoms. The first-order valence-electron chi connectivity index (χ1n) is 5.14. The highest BCUT2D eigenvalue weighted by Gasteiger charge is 2.24. The van der Waals surface area contributed by atoms with Crippen molar-refractivity contribution >= 4 is 39.0 Å². The summed E-state index contributed by atoms with van der Waals surface area (Å²) in [5, 5.41) is 12.0. The average Bonchev–Trinajstić information content (AvgIpc) is 2.83. The molecule has 0 aliphatic carbocycles. The van der Waals surface area contributed by atoms with Gasteiger partial charge < -0.3 is 9.63 Å². The lowest BCUT2D eigenvalue weighted by Crippen LogP contribution is -2.08. The highest BCUT2D eigenvalue weighted by atomic mass is 35.5. The van der Waals surface area contributed by atoms with E-state index in [-0.39, 0.29) is 20.5 Å². The molecule has 0 fully saturated rings. The first kappa shape index (κ1) is 14.8. The predicted molar refractivity (Wildman–Crippen MR) is 70.8 cm³/mol. The van der Waals surface area contributed by atoms with Crippen LogP contribution >= 0.6 is 23.2 Å². The maximum absolute atomic E-state index is 12.2. The van der Waals surface area contributed by atoms with Crippen molar-refractivity contribution in [2.45, 2.75) is 10.6 Å². The van der Waals surface area contributed by atoms with E-state index in [0.717, 1.165) is 12.1 Å². The van der Waals surface area contributed by atoms with Crippen LogP contribution in [-0.2, 0) is 15.6 Å². The van der Waals surface area contributed by atoms with E-state index in [1.54, 1.807) is 0 Å². The van der Waals surface area contributed by atoms with E-state index in [9.17, 15) is 13.2 Å². The first-order chi connectivity index (χ1) is 9.31. The first-order valence-corrected chi connectivity index (χ1v) is 7.55. The third-order valence-electron chi connectivity index (χ3n) is 2.41. The number of rotatable bonds is 4. The van der Waals surface area contributed by atoms with Gasteiger partial charge in [-0.25, -0.2) is 13.2 Å². The number of nitrogens with zero attached hydrogens (tertiary/aromatic N) is 1. The molecule has 0 atom stereocenters. The van der Waals surface area contributed by atoms with Gasteiger partial charge in [0.1, 0.15) is 6.26 Å². The molecule has 0 saturated heterocycles. The minimum Gasteiger partial charge on any atom is -0.478 e. The lowest BCUT2D eigenvalue weighted by Gasteiger charge is -2.08. The lowest BCUT2D eigenvalue weighted by atomic mass is 10.2. The maximum atomic E-state index is 12.2. The molecule has 6 nitrogen and oxygen atoms in total. The SMILES string of the molecule is O=C(O)c1cc(Cl)cc(S(=O)(=O)Cc2cnoc2)c1Cl. The summed E-state index contributed by atoms with van der Waals surface area (Å²) in [6.45, 7) is 0. The van der Waals surface area contributed by atoms with Crippen molar-refractivity contribution in [1.82, 2.24) is 5.16 Å². The predicted octanol–water partition coefficient (Wildman–Crippen LogP) is 2.65. The Labute approximate surface area is 123 Å². The van der Waals surface area contributed by atoms with Crippen LogP contribution in [-0.4, -0.2) is 24.7 Å². The average molecular weight is 336 g/mol. The van der Waals surface area contributed by atoms with Gasteiger partial charge in [-0.2, -0.15) is 0 Å². The van der Waals surface area contributed by atoms with Crippen LogP contribution in [0.5, 0.6) is 0 Å². The van der Waals surface area contributed by atoms with Crippen molar-refractivity contribution < 1.29 is 22.8 Å². The Morgan fingerprint density at radius 1 is 1.35 bits per heavy atom. The van der Waals surface area contributed by atoms with Gasteiger partial charge in [-0.15, -0.1) is 0 Å². The Morgan fingerprint density at radius 3 is 2.60 bits per heavy atom. The number of carbonyl (C=O) groups is 1. The van der Waals surface area contributed by atoms with Gasteiger partial charge in [0.15, 0.2) is 9.84 Å². The van der Waals surface area contributed by atoms with Crippen molar-refractivity contribution in [2.75, 3.05) is 0 Å². The number of aromatic nitrogens is 1. The third-order valence-corrected chi connectivity index (χ3v) is 4.85. The largest absolute Gasteiger partial charge is 0.478 e. The van der Waals surface area contributed by atoms with Gasteiger partial charge >= 0.3 is 5.97 Å². The van der Waals surface area contributed by atoms with Crippen LogP contribution in [0.2, 0.25) is 10.0 Å². The van der Waals surface area contributed by atoms with E-state index >= 15 is 0 Å². The lowest BCUT2D eigenvalue weighted by molar-refractivity contribution is 0.0697. The van der Waals surface area contributed by atoms with E-state index in [2.05, 4.69) is 9.68 Å². The molecule has 2 rings (SSSR count). The third kappa shape index (κ3) is 2.95. The molecule has 0 amide bonds. The Kier molecular flexibility index (Phi) is 4.03. The molecule has 1 aromatic heterocycles. The maximum Gasteiger partial charge on any atom is 0.337 e. The topological polar surface area (TPSA) is 97.5 Å². The van der Waals surface area contributed by atoms with Crippen molar-refractivity contribution in [3.05, 3.63) is 45.8 Å². The number of hydrogen-bond donors (Lipinski definition) is 1. The molecule has 0 spiro atoms. The Bertz CT molecular complexity index is 755. The zero-order chi connectivity index (χ0) is 14.9. The van der Waals surface area contributed by atoms with Crippen LogP contribution in [0.15, 0.2) is 34.0 Å². The van der Waals surface area contributed by atoms with E-state index in [1.807, 2.05) is 0 Å². The number of carboxylic acids is 1. The molecule has 0 radical (unpaired) electrons. The standard InChI is InChI=1S/C11H7Cl2NO5S/c12-7-1-8(11(15)16)10(13)9(2-7)20(17,18)5-6-3-14-19-4-6/h1-4H,5H2,(H,15,16). The second-order valence-corrected chi connectivity index (χ2v) is 6.63. The van der Waals surface area contributed by atoms with Crippen molar-refractivity contribution in [3.8, 4) is 0 Å². The zero-order valence-electron chi connectivity index (χ0n) is 9.71. The van der Waals surface area contributed by atoms with Gasteiger partial charge in [0.25, 0.3) is 0 Å². The van der Waals surface area contributed by atoms with E-state index < -0.39 is 21.6 Å². The van der Waals surface area contributed by atoms with Crippen molar-refractivity contribution in [1.29, 1.82) is 0 Å². The molecule has 9 heteroatoms. The van der Waals surface area contributed by atoms with Crippen LogP contribution < -0.4 is 0 Å². The number of halogens is 2. The summed E-state index contributed by atoms with van der Waals surface area (Å²) >= 11 is 11.6. The molecule has 2 aromatic rings. The fraction of sp³-hybridized carbons (Fsp3) is 0.0909. The molecule has 1 aromatic carbocycles. The fourth-order valence-corrected chi connectivity index (χ4v) is 3.79. The Hall–Kier alpha value is -1.57. The number of aromatic carboxylic acids is 1. The molecule has 1 N–H and O–H groups in total. The fourth-order valence-electron chi connectivity index (χ4n) is 1.54. The Morgan fingerprint density at radius 2 is 2.05 bits per heavy atom. The van der Waals surface area contributed by atoms with Crippen molar-refractivity contribution in [2.24, 2.45) is 0 Å². The van der Waals surface area contributed by atoms with Crippen LogP contribution in [0.1, 0.15) is 15.9 Å². The van der Waals surface area contributed by atoms with Gasteiger partial charge in [-0.3, -0.25) is 0 Å². The van der Waals surface area contributed by atoms with Crippen LogP contribution in [0.3, 0.4) is 0 Å². The van der Waals surface area contributed by atoms with Gasteiger partial charge in [0, 0.05) is 10.6 Å². The molecule has 0 aliphatic rings. The summed E-state index contributed by atoms with van der Waals surface area (Å²) < 4.78 is 29.0. The monoisotopic (exact) mass is 335 g/mol. The minimum absolute atomic E-state index is 0.0318. The van der Waals surface area contributed by atoms with Crippen molar-refractivity contribution in [3.63, 3.8) is 0 Å². The molecular formula is C11H7Cl2NO5S. The summed E-state index contributed by atoms with van der Waals surface area (Å²) in [7, 11) is -3.87. The van der Waals surface area contributed by atoms with Gasteiger partial charge in [-0.1, -0.05) is 28.4 Å². The minimum atomic E-state index is -3.87. The Balaban J connectivity index is 2.54. The smallest absolute Gasteiger partial charge is 0.337 e.